The van der Waals surface area contributed by atoms with Crippen molar-refractivity contribution in [1.29, 1.82) is 0 Å². The summed E-state index contributed by atoms with van der Waals surface area (Å²) in [5.41, 5.74) is 26.0. The van der Waals surface area contributed by atoms with Crippen LogP contribution in [-0.4, -0.2) is 84.9 Å². The Hall–Kier alpha value is -6.97. The summed E-state index contributed by atoms with van der Waals surface area (Å²) in [6.45, 7) is 5.57. The van der Waals surface area contributed by atoms with Gasteiger partial charge < -0.3 is 49.5 Å². The van der Waals surface area contributed by atoms with Crippen molar-refractivity contribution in [3.05, 3.63) is 144 Å². The number of nitrogens with zero attached hydrogens (tertiary/aromatic N) is 2. The van der Waals surface area contributed by atoms with Gasteiger partial charge in [0.15, 0.2) is 0 Å². The van der Waals surface area contributed by atoms with Crippen LogP contribution < -0.4 is 49.5 Å². The van der Waals surface area contributed by atoms with E-state index in [1.54, 1.807) is 43.5 Å². The summed E-state index contributed by atoms with van der Waals surface area (Å²) in [6, 6.07) is 23.8. The van der Waals surface area contributed by atoms with Gasteiger partial charge in [-0.05, 0) is 150 Å². The molecule has 0 aliphatic rings. The number of rotatable bonds is 18. The second kappa shape index (κ2) is 30.6. The van der Waals surface area contributed by atoms with E-state index in [1.165, 1.54) is 42.6 Å². The van der Waals surface area contributed by atoms with Gasteiger partial charge in [0.2, 0.25) is 23.6 Å². The number of hydrogen-bond donors (Lipinski definition) is 9. The van der Waals surface area contributed by atoms with Crippen molar-refractivity contribution in [2.24, 2.45) is 22.9 Å². The normalized spacial score (nSPS) is 12.1. The summed E-state index contributed by atoms with van der Waals surface area (Å²) < 4.78 is 62.2. The van der Waals surface area contributed by atoms with Gasteiger partial charge >= 0.3 is 6.18 Å². The number of carbonyl (C=O) groups is 4. The molecule has 6 rings (SSSR count). The Morgan fingerprint density at radius 3 is 1.89 bits per heavy atom. The molecule has 0 aliphatic carbocycles. The van der Waals surface area contributed by atoms with Gasteiger partial charge in [-0.25, -0.2) is 8.78 Å². The van der Waals surface area contributed by atoms with Crippen LogP contribution in [0.3, 0.4) is 0 Å². The molecule has 6 aromatic rings. The van der Waals surface area contributed by atoms with Crippen LogP contribution in [0.15, 0.2) is 116 Å². The molecule has 13 N–H and O–H groups in total. The first kappa shape index (κ1) is 58.3. The molecule has 20 heteroatoms. The number of alkyl halides is 3. The zero-order valence-electron chi connectivity index (χ0n) is 40.0. The van der Waals surface area contributed by atoms with Crippen molar-refractivity contribution < 1.29 is 41.1 Å². The Morgan fingerprint density at radius 2 is 1.27 bits per heavy atom. The molecule has 0 saturated carbocycles. The first-order chi connectivity index (χ1) is 33.9. The second-order valence-corrected chi connectivity index (χ2v) is 16.1. The molecule has 0 spiro atoms. The van der Waals surface area contributed by atoms with Crippen molar-refractivity contribution in [3.8, 4) is 0 Å². The summed E-state index contributed by atoms with van der Waals surface area (Å²) in [7, 11) is 1.93. The fourth-order valence-electron chi connectivity index (χ4n) is 6.25. The lowest BCUT2D eigenvalue weighted by molar-refractivity contribution is -0.137. The predicted molar refractivity (Wildman–Crippen MR) is 269 cm³/mol. The molecule has 71 heavy (non-hydrogen) atoms. The zero-order valence-corrected chi connectivity index (χ0v) is 40.0. The van der Waals surface area contributed by atoms with Gasteiger partial charge in [-0.3, -0.25) is 29.1 Å². The number of aromatic nitrogens is 2. The lowest BCUT2D eigenvalue weighted by Gasteiger charge is -2.21. The monoisotopic (exact) mass is 990 g/mol. The third kappa shape index (κ3) is 21.7. The van der Waals surface area contributed by atoms with Crippen LogP contribution in [0, 0.1) is 18.6 Å². The number of anilines is 2. The lowest BCUT2D eigenvalue weighted by Crippen LogP contribution is -2.50. The summed E-state index contributed by atoms with van der Waals surface area (Å²) in [5.74, 6) is -2.29. The van der Waals surface area contributed by atoms with Crippen molar-refractivity contribution >= 4 is 56.8 Å². The Bertz CT molecular complexity index is 2590. The van der Waals surface area contributed by atoms with Crippen LogP contribution in [0.5, 0.6) is 0 Å². The Morgan fingerprint density at radius 1 is 0.676 bits per heavy atom. The SMILES string of the molecule is CCNC.Cc1ccc(C(F)(F)F)cc1.NCCC[C@H](N)C(=O)NCC(=O)Nc1cnc2ccc(F)cc2c1.NCCC[C@H](N)C(=O)N[C@H](CCc1ccc(F)cc1)C(=O)Nc1ccc2ncccc2c1. The van der Waals surface area contributed by atoms with E-state index in [9.17, 15) is 41.1 Å². The van der Waals surface area contributed by atoms with Gasteiger partial charge in [0.05, 0.1) is 47.1 Å². The van der Waals surface area contributed by atoms with Gasteiger partial charge in [-0.15, -0.1) is 0 Å². The minimum Gasteiger partial charge on any atom is -0.346 e. The number of aryl methyl sites for hydroxylation is 2. The van der Waals surface area contributed by atoms with Gasteiger partial charge in [0, 0.05) is 22.7 Å². The number of nitrogens with two attached hydrogens (primary N) is 4. The number of fused-ring (bicyclic) bond motifs is 2. The molecule has 4 amide bonds. The van der Waals surface area contributed by atoms with E-state index >= 15 is 0 Å². The Labute approximate surface area is 410 Å². The summed E-state index contributed by atoms with van der Waals surface area (Å²) in [6.07, 6.45) is 1.93. The van der Waals surface area contributed by atoms with E-state index in [0.717, 1.165) is 40.7 Å². The molecular formula is C51H64F5N11O4. The number of benzene rings is 4. The number of nitrogens with one attached hydrogen (secondary N) is 5. The molecule has 0 fully saturated rings. The molecule has 3 atom stereocenters. The third-order valence-corrected chi connectivity index (χ3v) is 10.3. The average molecular weight is 990 g/mol. The van der Waals surface area contributed by atoms with Crippen LogP contribution in [0.25, 0.3) is 21.8 Å². The summed E-state index contributed by atoms with van der Waals surface area (Å²) in [5, 5.41) is 15.1. The van der Waals surface area contributed by atoms with Crippen LogP contribution >= 0.6 is 0 Å². The lowest BCUT2D eigenvalue weighted by atomic mass is 10.0. The molecule has 0 radical (unpaired) electrons. The minimum absolute atomic E-state index is 0.212. The minimum atomic E-state index is -4.21. The molecule has 382 valence electrons. The number of amides is 4. The predicted octanol–water partition coefficient (Wildman–Crippen LogP) is 6.23. The highest BCUT2D eigenvalue weighted by atomic mass is 19.4. The molecule has 0 bridgehead atoms. The Balaban J connectivity index is 0.000000298. The van der Waals surface area contributed by atoms with Crippen LogP contribution in [0.2, 0.25) is 0 Å². The summed E-state index contributed by atoms with van der Waals surface area (Å²) >= 11 is 0. The first-order valence-corrected chi connectivity index (χ1v) is 22.9. The van der Waals surface area contributed by atoms with E-state index in [0.29, 0.717) is 73.9 Å². The molecule has 0 saturated heterocycles. The molecule has 0 unspecified atom stereocenters. The molecular weight excluding hydrogens is 926 g/mol. The fraction of sp³-hybridized carbons (Fsp3) is 0.333. The maximum absolute atomic E-state index is 13.2. The number of halogens is 5. The van der Waals surface area contributed by atoms with E-state index in [-0.39, 0.29) is 24.1 Å². The number of pyridine rings is 2. The highest BCUT2D eigenvalue weighted by Gasteiger charge is 2.29. The molecule has 2 aromatic heterocycles. The van der Waals surface area contributed by atoms with E-state index in [2.05, 4.69) is 43.5 Å². The van der Waals surface area contributed by atoms with Gasteiger partial charge in [-0.2, -0.15) is 13.2 Å². The van der Waals surface area contributed by atoms with Gasteiger partial charge in [-0.1, -0.05) is 42.8 Å². The van der Waals surface area contributed by atoms with E-state index in [1.807, 2.05) is 31.3 Å². The summed E-state index contributed by atoms with van der Waals surface area (Å²) in [4.78, 5) is 57.5. The van der Waals surface area contributed by atoms with Crippen molar-refractivity contribution in [3.63, 3.8) is 0 Å². The smallest absolute Gasteiger partial charge is 0.346 e. The van der Waals surface area contributed by atoms with Crippen molar-refractivity contribution in [2.45, 2.75) is 76.7 Å². The molecule has 4 aromatic carbocycles. The Kier molecular flexibility index (Phi) is 25.1. The highest BCUT2D eigenvalue weighted by molar-refractivity contribution is 5.99. The number of hydrogen-bond acceptors (Lipinski definition) is 11. The van der Waals surface area contributed by atoms with Crippen LogP contribution in [0.4, 0.5) is 33.3 Å². The first-order valence-electron chi connectivity index (χ1n) is 22.9. The van der Waals surface area contributed by atoms with E-state index in [4.69, 9.17) is 22.9 Å². The van der Waals surface area contributed by atoms with Crippen molar-refractivity contribution in [1.82, 2.24) is 25.9 Å². The third-order valence-electron chi connectivity index (χ3n) is 10.3. The maximum Gasteiger partial charge on any atom is 0.416 e. The largest absolute Gasteiger partial charge is 0.416 e. The maximum atomic E-state index is 13.2. The fourth-order valence-corrected chi connectivity index (χ4v) is 6.25. The van der Waals surface area contributed by atoms with Crippen LogP contribution in [-0.2, 0) is 31.8 Å². The van der Waals surface area contributed by atoms with Crippen molar-refractivity contribution in [2.75, 3.05) is 43.9 Å². The van der Waals surface area contributed by atoms with E-state index < -0.39 is 47.6 Å². The average Bonchev–Trinajstić information content (AvgIpc) is 3.35. The topological polar surface area (TPSA) is 258 Å². The van der Waals surface area contributed by atoms with Crippen LogP contribution in [0.1, 0.15) is 55.7 Å². The van der Waals surface area contributed by atoms with Gasteiger partial charge in [0.25, 0.3) is 0 Å². The highest BCUT2D eigenvalue weighted by Crippen LogP contribution is 2.29. The zero-order chi connectivity index (χ0) is 52.3. The molecule has 2 heterocycles. The number of carbonyl (C=O) groups excluding carboxylic acids is 4. The second-order valence-electron chi connectivity index (χ2n) is 16.1. The molecule has 0 aliphatic heterocycles. The quantitative estimate of drug-likeness (QED) is 0.0436. The van der Waals surface area contributed by atoms with Gasteiger partial charge in [0.1, 0.15) is 17.7 Å². The molecule has 15 nitrogen and oxygen atoms in total. The standard InChI is InChI=1S/C24H28FN5O2.C16H20FN5O2.C8H7F3.C3H9N/c25-18-8-5-16(6-9-18)7-11-22(30-23(31)20(27)4-1-13-26)24(32)29-19-10-12-21-17(15-19)3-2-14-28-21;17-11-3-4-14-10(6-11)7-12(8-20-14)22-15(23)9-21-16(24)13(19)2-1-5-18;1-6-2-4-7(5-3-6)8(9,10)11;1-3-4-2/h2-3,5-6,8-10,12,14-15,20,22H,1,4,7,11,13,26-27H2,(H,29,32)(H,30,31);3-4,6-8,13H,1-2,5,9,18-19H2,(H,21,24)(H,22,23);2-5H,1H3;4H,3H2,1-2H3/t20-,22+;13-;;/m00../s1.